The molecule has 110 valence electrons. The summed E-state index contributed by atoms with van der Waals surface area (Å²) in [6.45, 7) is 2.08. The maximum Gasteiger partial charge on any atom is 0.243 e. The molecule has 0 spiro atoms. The molecule has 0 aliphatic rings. The van der Waals surface area contributed by atoms with Gasteiger partial charge in [0, 0.05) is 4.47 Å². The number of aryl methyl sites for hydroxylation is 1. The van der Waals surface area contributed by atoms with E-state index in [2.05, 4.69) is 26.6 Å². The summed E-state index contributed by atoms with van der Waals surface area (Å²) in [7, 11) is 0. The minimum absolute atomic E-state index is 0.0976. The topological polar surface area (TPSA) is 41.1 Å². The van der Waals surface area contributed by atoms with Gasteiger partial charge in [-0.2, -0.15) is 0 Å². The monoisotopic (exact) mass is 386 g/mol. The van der Waals surface area contributed by atoms with Crippen LogP contribution in [0.3, 0.4) is 0 Å². The van der Waals surface area contributed by atoms with Gasteiger partial charge in [-0.1, -0.05) is 35.3 Å². The van der Waals surface area contributed by atoms with Gasteiger partial charge in [0.05, 0.1) is 28.0 Å². The fraction of sp³-hybridized carbons (Fsp3) is 0.133. The number of benzene rings is 2. The maximum absolute atomic E-state index is 11.9. The van der Waals surface area contributed by atoms with Crippen LogP contribution in [0.4, 0.5) is 11.4 Å². The Morgan fingerprint density at radius 1 is 1.19 bits per heavy atom. The number of carbonyl (C=O) groups excluding carboxylic acids is 1. The van der Waals surface area contributed by atoms with Crippen molar-refractivity contribution in [3.63, 3.8) is 0 Å². The molecular formula is C15H13BrCl2N2O. The highest BCUT2D eigenvalue weighted by molar-refractivity contribution is 9.10. The molecule has 0 atom stereocenters. The van der Waals surface area contributed by atoms with Crippen molar-refractivity contribution in [2.24, 2.45) is 0 Å². The van der Waals surface area contributed by atoms with Gasteiger partial charge in [0.25, 0.3) is 0 Å². The van der Waals surface area contributed by atoms with Crippen LogP contribution in [-0.2, 0) is 4.79 Å². The second-order valence-electron chi connectivity index (χ2n) is 4.49. The van der Waals surface area contributed by atoms with E-state index < -0.39 is 0 Å². The molecule has 0 aromatic heterocycles. The Morgan fingerprint density at radius 3 is 2.67 bits per heavy atom. The molecule has 0 unspecified atom stereocenters. The third-order valence-corrected chi connectivity index (χ3v) is 4.26. The Balaban J connectivity index is 1.97. The summed E-state index contributed by atoms with van der Waals surface area (Å²) in [6.07, 6.45) is 0. The number of hydrogen-bond donors (Lipinski definition) is 2. The molecule has 2 aromatic rings. The highest BCUT2D eigenvalue weighted by Crippen LogP contribution is 2.29. The summed E-state index contributed by atoms with van der Waals surface area (Å²) in [4.78, 5) is 11.9. The third-order valence-electron chi connectivity index (χ3n) is 2.79. The van der Waals surface area contributed by atoms with Gasteiger partial charge in [0.15, 0.2) is 0 Å². The molecule has 1 amide bonds. The van der Waals surface area contributed by atoms with Gasteiger partial charge in [-0.05, 0) is 52.7 Å². The number of rotatable bonds is 4. The maximum atomic E-state index is 11.9. The number of halogens is 3. The van der Waals surface area contributed by atoms with Gasteiger partial charge < -0.3 is 10.6 Å². The van der Waals surface area contributed by atoms with Crippen LogP contribution < -0.4 is 10.6 Å². The molecule has 0 saturated carbocycles. The van der Waals surface area contributed by atoms with Crippen molar-refractivity contribution in [2.75, 3.05) is 17.2 Å². The Labute approximate surface area is 141 Å². The van der Waals surface area contributed by atoms with Crippen molar-refractivity contribution in [1.82, 2.24) is 0 Å². The quantitative estimate of drug-likeness (QED) is 0.764. The summed E-state index contributed by atoms with van der Waals surface area (Å²) in [5.41, 5.74) is 2.47. The van der Waals surface area contributed by atoms with Gasteiger partial charge in [-0.3, -0.25) is 4.79 Å². The first-order chi connectivity index (χ1) is 9.97. The molecule has 3 nitrogen and oxygen atoms in total. The highest BCUT2D eigenvalue weighted by atomic mass is 79.9. The molecule has 0 aliphatic carbocycles. The van der Waals surface area contributed by atoms with E-state index in [-0.39, 0.29) is 12.5 Å². The smallest absolute Gasteiger partial charge is 0.243 e. The molecule has 21 heavy (non-hydrogen) atoms. The summed E-state index contributed by atoms with van der Waals surface area (Å²) in [5.74, 6) is -0.171. The zero-order valence-corrected chi connectivity index (χ0v) is 14.3. The minimum Gasteiger partial charge on any atom is -0.375 e. The van der Waals surface area contributed by atoms with Crippen molar-refractivity contribution in [1.29, 1.82) is 0 Å². The summed E-state index contributed by atoms with van der Waals surface area (Å²) in [6, 6.07) is 11.0. The van der Waals surface area contributed by atoms with Crippen molar-refractivity contribution >= 4 is 56.4 Å². The van der Waals surface area contributed by atoms with Crippen LogP contribution in [-0.4, -0.2) is 12.5 Å². The molecule has 0 fully saturated rings. The van der Waals surface area contributed by atoms with Crippen LogP contribution in [0.2, 0.25) is 10.0 Å². The Kier molecular flexibility index (Phi) is 5.51. The zero-order chi connectivity index (χ0) is 15.4. The van der Waals surface area contributed by atoms with Crippen molar-refractivity contribution < 1.29 is 4.79 Å². The molecule has 0 saturated heterocycles. The zero-order valence-electron chi connectivity index (χ0n) is 11.2. The van der Waals surface area contributed by atoms with Crippen LogP contribution in [0.1, 0.15) is 5.56 Å². The standard InChI is InChI=1S/C15H13BrCl2N2O/c1-9-5-6-12(10(16)7-9)20-14(21)8-19-13-4-2-3-11(17)15(13)18/h2-7,19H,8H2,1H3,(H,20,21). The first kappa shape index (κ1) is 16.1. The predicted octanol–water partition coefficient (Wildman–Crippen LogP) is 5.11. The summed E-state index contributed by atoms with van der Waals surface area (Å²) >= 11 is 15.4. The normalized spacial score (nSPS) is 10.3. The lowest BCUT2D eigenvalue weighted by Crippen LogP contribution is -2.22. The van der Waals surface area contributed by atoms with Crippen molar-refractivity contribution in [3.8, 4) is 0 Å². The fourth-order valence-corrected chi connectivity index (χ4v) is 2.69. The molecule has 0 radical (unpaired) electrons. The van der Waals surface area contributed by atoms with E-state index in [1.54, 1.807) is 18.2 Å². The number of carbonyl (C=O) groups is 1. The van der Waals surface area contributed by atoms with E-state index in [1.165, 1.54) is 0 Å². The van der Waals surface area contributed by atoms with Crippen LogP contribution in [0.15, 0.2) is 40.9 Å². The highest BCUT2D eigenvalue weighted by Gasteiger charge is 2.08. The molecule has 6 heteroatoms. The Bertz CT molecular complexity index is 677. The average molecular weight is 388 g/mol. The van der Waals surface area contributed by atoms with E-state index in [0.717, 1.165) is 15.7 Å². The van der Waals surface area contributed by atoms with Gasteiger partial charge in [-0.15, -0.1) is 0 Å². The average Bonchev–Trinajstić information content (AvgIpc) is 2.43. The summed E-state index contributed by atoms with van der Waals surface area (Å²) in [5, 5.41) is 6.63. The first-order valence-corrected chi connectivity index (χ1v) is 7.76. The van der Waals surface area contributed by atoms with E-state index in [4.69, 9.17) is 23.2 Å². The minimum atomic E-state index is -0.171. The van der Waals surface area contributed by atoms with Crippen LogP contribution in [0.25, 0.3) is 0 Å². The Morgan fingerprint density at radius 2 is 1.95 bits per heavy atom. The van der Waals surface area contributed by atoms with E-state index >= 15 is 0 Å². The van der Waals surface area contributed by atoms with Gasteiger partial charge >= 0.3 is 0 Å². The molecule has 2 aromatic carbocycles. The molecule has 0 bridgehead atoms. The molecule has 2 N–H and O–H groups in total. The third kappa shape index (κ3) is 4.37. The second kappa shape index (κ2) is 7.16. The van der Waals surface area contributed by atoms with Crippen molar-refractivity contribution in [3.05, 3.63) is 56.5 Å². The predicted molar refractivity (Wildman–Crippen MR) is 92.5 cm³/mol. The second-order valence-corrected chi connectivity index (χ2v) is 6.13. The van der Waals surface area contributed by atoms with E-state index in [9.17, 15) is 4.79 Å². The lowest BCUT2D eigenvalue weighted by atomic mass is 10.2. The van der Waals surface area contributed by atoms with Gasteiger partial charge in [0.2, 0.25) is 5.91 Å². The van der Waals surface area contributed by atoms with Crippen molar-refractivity contribution in [2.45, 2.75) is 6.92 Å². The molecule has 2 rings (SSSR count). The SMILES string of the molecule is Cc1ccc(NC(=O)CNc2cccc(Cl)c2Cl)c(Br)c1. The van der Waals surface area contributed by atoms with Crippen LogP contribution in [0, 0.1) is 6.92 Å². The molecule has 0 heterocycles. The van der Waals surface area contributed by atoms with Gasteiger partial charge in [-0.25, -0.2) is 0 Å². The largest absolute Gasteiger partial charge is 0.375 e. The van der Waals surface area contributed by atoms with Crippen LogP contribution >= 0.6 is 39.1 Å². The molecular weight excluding hydrogens is 375 g/mol. The number of amides is 1. The summed E-state index contributed by atoms with van der Waals surface area (Å²) < 4.78 is 0.844. The lowest BCUT2D eigenvalue weighted by molar-refractivity contribution is -0.114. The Hall–Kier alpha value is -1.23. The fourth-order valence-electron chi connectivity index (χ4n) is 1.73. The number of nitrogens with one attached hydrogen (secondary N) is 2. The number of hydrogen-bond acceptors (Lipinski definition) is 2. The van der Waals surface area contributed by atoms with Gasteiger partial charge in [0.1, 0.15) is 0 Å². The first-order valence-electron chi connectivity index (χ1n) is 6.21. The van der Waals surface area contributed by atoms with Crippen LogP contribution in [0.5, 0.6) is 0 Å². The molecule has 0 aliphatic heterocycles. The van der Waals surface area contributed by atoms with E-state index in [1.807, 2.05) is 25.1 Å². The number of anilines is 2. The van der Waals surface area contributed by atoms with E-state index in [0.29, 0.717) is 15.7 Å². The lowest BCUT2D eigenvalue weighted by Gasteiger charge is -2.11.